The second kappa shape index (κ2) is 9.26. The van der Waals surface area contributed by atoms with Crippen LogP contribution in [0.15, 0.2) is 22.5 Å². The van der Waals surface area contributed by atoms with Gasteiger partial charge in [0.05, 0.1) is 28.3 Å². The molecule has 5 N–H and O–H groups in total. The summed E-state index contributed by atoms with van der Waals surface area (Å²) in [5.74, 6) is -1.35. The number of amides is 1. The fourth-order valence-corrected chi connectivity index (χ4v) is 5.74. The zero-order chi connectivity index (χ0) is 20.1. The normalized spacial score (nSPS) is 21.9. The highest BCUT2D eigenvalue weighted by Crippen LogP contribution is 2.53. The Labute approximate surface area is 163 Å². The molecule has 3 heterocycles. The number of carboxylic acid groups (broad SMARTS) is 2. The second-order valence-electron chi connectivity index (χ2n) is 5.66. The Kier molecular flexibility index (Phi) is 7.30. The predicted octanol–water partition coefficient (Wildman–Crippen LogP) is -0.0584. The molecular formula is C15H20N4O6S2. The number of thioether (sulfide) groups is 2. The molecule has 0 saturated carbocycles. The lowest BCUT2D eigenvalue weighted by Crippen LogP contribution is -2.60. The molecular weight excluding hydrogens is 396 g/mol. The van der Waals surface area contributed by atoms with Crippen LogP contribution in [0.3, 0.4) is 0 Å². The first-order valence-corrected chi connectivity index (χ1v) is 9.78. The molecule has 12 heteroatoms. The summed E-state index contributed by atoms with van der Waals surface area (Å²) in [4.78, 5) is 37.3. The fourth-order valence-electron chi connectivity index (χ4n) is 2.81. The van der Waals surface area contributed by atoms with Gasteiger partial charge in [0.25, 0.3) is 6.47 Å². The van der Waals surface area contributed by atoms with E-state index in [4.69, 9.17) is 15.6 Å². The number of hydrogen-bond donors (Lipinski definition) is 4. The third-order valence-electron chi connectivity index (χ3n) is 4.04. The van der Waals surface area contributed by atoms with Crippen molar-refractivity contribution in [1.29, 1.82) is 0 Å². The minimum absolute atomic E-state index is 0.0292. The van der Waals surface area contributed by atoms with E-state index in [2.05, 4.69) is 4.98 Å². The summed E-state index contributed by atoms with van der Waals surface area (Å²) in [5, 5.41) is 25.7. The van der Waals surface area contributed by atoms with E-state index in [-0.39, 0.29) is 23.5 Å². The minimum Gasteiger partial charge on any atom is -0.483 e. The van der Waals surface area contributed by atoms with Gasteiger partial charge in [-0.3, -0.25) is 14.5 Å². The van der Waals surface area contributed by atoms with Crippen molar-refractivity contribution < 1.29 is 29.7 Å². The van der Waals surface area contributed by atoms with Gasteiger partial charge in [0.1, 0.15) is 5.37 Å². The summed E-state index contributed by atoms with van der Waals surface area (Å²) in [5.41, 5.74) is 6.57. The molecule has 1 fully saturated rings. The fraction of sp³-hybridized carbons (Fsp3) is 0.467. The number of nitrogens with zero attached hydrogens (tertiary/aromatic N) is 3. The highest BCUT2D eigenvalue weighted by molar-refractivity contribution is 8.22. The lowest BCUT2D eigenvalue weighted by molar-refractivity contribution is -0.156. The molecule has 2 aliphatic heterocycles. The van der Waals surface area contributed by atoms with Gasteiger partial charge in [-0.15, -0.1) is 11.8 Å². The van der Waals surface area contributed by atoms with Crippen molar-refractivity contribution in [3.63, 3.8) is 0 Å². The number of aliphatic hydroxyl groups is 1. The lowest BCUT2D eigenvalue weighted by atomic mass is 9.92. The van der Waals surface area contributed by atoms with Gasteiger partial charge in [-0.05, 0) is 6.92 Å². The summed E-state index contributed by atoms with van der Waals surface area (Å²) in [7, 11) is 0. The highest BCUT2D eigenvalue weighted by atomic mass is 32.2. The first kappa shape index (κ1) is 21.3. The first-order valence-electron chi connectivity index (χ1n) is 7.92. The van der Waals surface area contributed by atoms with Gasteiger partial charge < -0.3 is 25.6 Å². The monoisotopic (exact) mass is 416 g/mol. The molecule has 1 unspecified atom stereocenters. The number of carboxylic acids is 1. The van der Waals surface area contributed by atoms with Gasteiger partial charge in [0.15, 0.2) is 5.70 Å². The standard InChI is InChI=1S/C14H18N4O4S2.CH2O2/c1-7(19)9-11(20)18-10(13(21)22)14(24-12(9)18)23-3-2-17-6-16-5-8(17)4-15;2-1-3/h5-7,9,12,19H,2-4,15H2,1H3,(H,21,22);1H,(H,2,3)/t7?,9-,12+;/m0./s1. The molecule has 27 heavy (non-hydrogen) atoms. The van der Waals surface area contributed by atoms with E-state index in [9.17, 15) is 19.8 Å². The minimum atomic E-state index is -1.12. The largest absolute Gasteiger partial charge is 0.483 e. The molecule has 0 radical (unpaired) electrons. The molecule has 1 saturated heterocycles. The van der Waals surface area contributed by atoms with Crippen LogP contribution in [-0.4, -0.2) is 65.3 Å². The molecule has 10 nitrogen and oxygen atoms in total. The number of β-lactam (4-membered cyclic amide) rings is 1. The van der Waals surface area contributed by atoms with E-state index < -0.39 is 18.0 Å². The Bertz CT molecular complexity index is 750. The van der Waals surface area contributed by atoms with Crippen LogP contribution < -0.4 is 5.73 Å². The lowest BCUT2D eigenvalue weighted by Gasteiger charge is -2.43. The molecule has 148 valence electrons. The summed E-state index contributed by atoms with van der Waals surface area (Å²) < 4.78 is 2.53. The zero-order valence-corrected chi connectivity index (χ0v) is 16.0. The topological polar surface area (TPSA) is 159 Å². The zero-order valence-electron chi connectivity index (χ0n) is 14.4. The molecule has 3 rings (SSSR count). The van der Waals surface area contributed by atoms with Crippen molar-refractivity contribution in [2.75, 3.05) is 5.75 Å². The number of aliphatic carboxylic acids is 1. The summed E-state index contributed by atoms with van der Waals surface area (Å²) in [6.45, 7) is 2.34. The third-order valence-corrected chi connectivity index (χ3v) is 6.68. The van der Waals surface area contributed by atoms with Gasteiger partial charge in [-0.25, -0.2) is 9.78 Å². The van der Waals surface area contributed by atoms with E-state index in [0.717, 1.165) is 5.69 Å². The molecule has 0 aliphatic carbocycles. The smallest absolute Gasteiger partial charge is 0.354 e. The number of carbonyl (C=O) groups excluding carboxylic acids is 1. The van der Waals surface area contributed by atoms with Gasteiger partial charge in [-0.1, -0.05) is 11.8 Å². The van der Waals surface area contributed by atoms with Gasteiger partial charge in [-0.2, -0.15) is 0 Å². The Morgan fingerprint density at radius 1 is 1.56 bits per heavy atom. The third kappa shape index (κ3) is 4.29. The number of aromatic nitrogens is 2. The number of fused-ring (bicyclic) bond motifs is 1. The molecule has 0 aromatic carbocycles. The van der Waals surface area contributed by atoms with Crippen LogP contribution in [0.1, 0.15) is 12.6 Å². The number of imidazole rings is 1. The van der Waals surface area contributed by atoms with Crippen molar-refractivity contribution in [1.82, 2.24) is 14.5 Å². The summed E-state index contributed by atoms with van der Waals surface area (Å²) in [6, 6.07) is 0. The molecule has 0 spiro atoms. The van der Waals surface area contributed by atoms with Crippen LogP contribution in [0.25, 0.3) is 0 Å². The van der Waals surface area contributed by atoms with Crippen molar-refractivity contribution in [3.8, 4) is 0 Å². The van der Waals surface area contributed by atoms with Crippen LogP contribution in [0, 0.1) is 5.92 Å². The maximum absolute atomic E-state index is 12.1. The summed E-state index contributed by atoms with van der Waals surface area (Å²) >= 11 is 2.74. The number of carbonyl (C=O) groups is 3. The van der Waals surface area contributed by atoms with Crippen LogP contribution in [0.2, 0.25) is 0 Å². The highest BCUT2D eigenvalue weighted by Gasteiger charge is 2.57. The van der Waals surface area contributed by atoms with Crippen LogP contribution in [0.5, 0.6) is 0 Å². The second-order valence-corrected chi connectivity index (χ2v) is 8.15. The van der Waals surface area contributed by atoms with E-state index in [1.165, 1.54) is 28.4 Å². The van der Waals surface area contributed by atoms with Crippen molar-refractivity contribution in [2.24, 2.45) is 11.7 Å². The van der Waals surface area contributed by atoms with Crippen molar-refractivity contribution >= 4 is 41.9 Å². The number of nitrogens with two attached hydrogens (primary N) is 1. The summed E-state index contributed by atoms with van der Waals surface area (Å²) in [6.07, 6.45) is 2.61. The average Bonchev–Trinajstić information content (AvgIpc) is 3.17. The Morgan fingerprint density at radius 3 is 2.78 bits per heavy atom. The van der Waals surface area contributed by atoms with Gasteiger partial charge in [0, 0.05) is 25.0 Å². The van der Waals surface area contributed by atoms with Crippen LogP contribution >= 0.6 is 23.5 Å². The number of hydrogen-bond acceptors (Lipinski definition) is 8. The first-order chi connectivity index (χ1) is 12.9. The van der Waals surface area contributed by atoms with E-state index in [0.29, 0.717) is 23.1 Å². The van der Waals surface area contributed by atoms with Gasteiger partial charge in [0.2, 0.25) is 5.91 Å². The van der Waals surface area contributed by atoms with E-state index >= 15 is 0 Å². The van der Waals surface area contributed by atoms with E-state index in [1.807, 2.05) is 4.57 Å². The number of aliphatic hydroxyl groups excluding tert-OH is 1. The maximum Gasteiger partial charge on any atom is 0.354 e. The molecule has 1 aromatic rings. The van der Waals surface area contributed by atoms with Crippen LogP contribution in [-0.2, 0) is 27.5 Å². The molecule has 1 amide bonds. The Hall–Kier alpha value is -2.02. The molecule has 1 aromatic heterocycles. The quantitative estimate of drug-likeness (QED) is 0.350. The Balaban J connectivity index is 0.000000817. The SMILES string of the molecule is CC(O)[C@H]1C(=O)N2C(C(=O)O)=C(SCCn3cncc3CN)S[C@H]12.O=CO. The van der Waals surface area contributed by atoms with E-state index in [1.54, 1.807) is 19.4 Å². The molecule has 0 bridgehead atoms. The van der Waals surface area contributed by atoms with Crippen molar-refractivity contribution in [2.45, 2.75) is 31.5 Å². The predicted molar refractivity (Wildman–Crippen MR) is 99.3 cm³/mol. The van der Waals surface area contributed by atoms with Crippen molar-refractivity contribution in [3.05, 3.63) is 28.2 Å². The average molecular weight is 416 g/mol. The number of rotatable bonds is 7. The molecule has 2 aliphatic rings. The number of aryl methyl sites for hydroxylation is 1. The van der Waals surface area contributed by atoms with Gasteiger partial charge >= 0.3 is 5.97 Å². The Morgan fingerprint density at radius 2 is 2.22 bits per heavy atom. The van der Waals surface area contributed by atoms with Crippen LogP contribution in [0.4, 0.5) is 0 Å². The molecule has 3 atom stereocenters. The maximum atomic E-state index is 12.1.